The Morgan fingerprint density at radius 3 is 2.68 bits per heavy atom. The summed E-state index contributed by atoms with van der Waals surface area (Å²) in [5.41, 5.74) is 1.03. The summed E-state index contributed by atoms with van der Waals surface area (Å²) in [5, 5.41) is 14.0. The van der Waals surface area contributed by atoms with E-state index in [4.69, 9.17) is 11.6 Å². The summed E-state index contributed by atoms with van der Waals surface area (Å²) >= 11 is 5.92. The van der Waals surface area contributed by atoms with E-state index in [0.29, 0.717) is 0 Å². The largest absolute Gasteiger partial charge is 0.394 e. The Labute approximate surface area is 120 Å². The van der Waals surface area contributed by atoms with Crippen molar-refractivity contribution in [1.29, 1.82) is 0 Å². The second-order valence-corrected chi connectivity index (χ2v) is 5.99. The van der Waals surface area contributed by atoms with Crippen molar-refractivity contribution in [3.05, 3.63) is 34.9 Å². The second-order valence-electron chi connectivity index (χ2n) is 5.55. The summed E-state index contributed by atoms with van der Waals surface area (Å²) in [5.74, 6) is 0. The van der Waals surface area contributed by atoms with Gasteiger partial charge in [0.25, 0.3) is 0 Å². The highest BCUT2D eigenvalue weighted by molar-refractivity contribution is 6.30. The molecular weight excluding hydrogens is 260 g/mol. The number of rotatable bonds is 4. The monoisotopic (exact) mass is 282 g/mol. The van der Waals surface area contributed by atoms with Crippen LogP contribution in [-0.4, -0.2) is 48.3 Å². The fourth-order valence-electron chi connectivity index (χ4n) is 2.70. The van der Waals surface area contributed by atoms with E-state index in [1.807, 2.05) is 24.3 Å². The van der Waals surface area contributed by atoms with Gasteiger partial charge in [-0.3, -0.25) is 4.90 Å². The van der Waals surface area contributed by atoms with Crippen LogP contribution in [0.5, 0.6) is 0 Å². The van der Waals surface area contributed by atoms with Crippen molar-refractivity contribution >= 4 is 11.6 Å². The van der Waals surface area contributed by atoms with Crippen molar-refractivity contribution in [2.24, 2.45) is 0 Å². The second kappa shape index (κ2) is 6.71. The van der Waals surface area contributed by atoms with Gasteiger partial charge in [-0.05, 0) is 44.0 Å². The van der Waals surface area contributed by atoms with Gasteiger partial charge < -0.3 is 10.4 Å². The number of hydrogen-bond donors (Lipinski definition) is 2. The van der Waals surface area contributed by atoms with Crippen LogP contribution in [0.2, 0.25) is 5.02 Å². The van der Waals surface area contributed by atoms with Crippen LogP contribution in [0.3, 0.4) is 0 Å². The van der Waals surface area contributed by atoms with Crippen LogP contribution in [0.25, 0.3) is 0 Å². The Morgan fingerprint density at radius 2 is 2.00 bits per heavy atom. The fraction of sp³-hybridized carbons (Fsp3) is 0.600. The van der Waals surface area contributed by atoms with Crippen molar-refractivity contribution < 1.29 is 5.11 Å². The standard InChI is InChI=1S/C15H23ClN2O/c1-15(12-19,18-9-2-7-17-8-10-18)11-13-3-5-14(16)6-4-13/h3-6,17,19H,2,7-12H2,1H3. The molecule has 1 fully saturated rings. The number of nitrogens with one attached hydrogen (secondary N) is 1. The lowest BCUT2D eigenvalue weighted by Gasteiger charge is -2.39. The van der Waals surface area contributed by atoms with E-state index in [2.05, 4.69) is 17.1 Å². The van der Waals surface area contributed by atoms with E-state index in [0.717, 1.165) is 44.0 Å². The van der Waals surface area contributed by atoms with Gasteiger partial charge in [-0.2, -0.15) is 0 Å². The Bertz CT molecular complexity index is 388. The highest BCUT2D eigenvalue weighted by Gasteiger charge is 2.31. The molecule has 0 aromatic heterocycles. The van der Waals surface area contributed by atoms with Crippen LogP contribution in [0, 0.1) is 0 Å². The molecule has 1 aromatic rings. The maximum atomic E-state index is 9.86. The lowest BCUT2D eigenvalue weighted by molar-refractivity contribution is 0.0479. The minimum Gasteiger partial charge on any atom is -0.394 e. The molecule has 1 atom stereocenters. The minimum absolute atomic E-state index is 0.176. The van der Waals surface area contributed by atoms with Crippen LogP contribution in [0.15, 0.2) is 24.3 Å². The van der Waals surface area contributed by atoms with Gasteiger partial charge in [0.15, 0.2) is 0 Å². The zero-order chi connectivity index (χ0) is 13.7. The smallest absolute Gasteiger partial charge is 0.0616 e. The summed E-state index contributed by atoms with van der Waals surface area (Å²) in [7, 11) is 0. The van der Waals surface area contributed by atoms with Crippen LogP contribution in [0.1, 0.15) is 18.9 Å². The SMILES string of the molecule is CC(CO)(Cc1ccc(Cl)cc1)N1CCCNCC1. The Hall–Kier alpha value is -0.610. The molecule has 1 saturated heterocycles. The molecule has 1 heterocycles. The van der Waals surface area contributed by atoms with E-state index in [9.17, 15) is 5.11 Å². The predicted molar refractivity (Wildman–Crippen MR) is 79.7 cm³/mol. The highest BCUT2D eigenvalue weighted by atomic mass is 35.5. The first-order valence-electron chi connectivity index (χ1n) is 6.95. The molecule has 19 heavy (non-hydrogen) atoms. The molecule has 0 bridgehead atoms. The van der Waals surface area contributed by atoms with Gasteiger partial charge in [0.1, 0.15) is 0 Å². The van der Waals surface area contributed by atoms with Gasteiger partial charge in [-0.15, -0.1) is 0 Å². The molecule has 1 aromatic carbocycles. The quantitative estimate of drug-likeness (QED) is 0.886. The molecule has 2 rings (SSSR count). The van der Waals surface area contributed by atoms with E-state index < -0.39 is 0 Å². The van der Waals surface area contributed by atoms with Crippen LogP contribution >= 0.6 is 11.6 Å². The molecule has 0 radical (unpaired) electrons. The zero-order valence-corrected chi connectivity index (χ0v) is 12.3. The summed E-state index contributed by atoms with van der Waals surface area (Å²) in [4.78, 5) is 2.40. The summed E-state index contributed by atoms with van der Waals surface area (Å²) < 4.78 is 0. The van der Waals surface area contributed by atoms with Crippen LogP contribution < -0.4 is 5.32 Å². The number of aliphatic hydroxyl groups excluding tert-OH is 1. The van der Waals surface area contributed by atoms with E-state index in [1.54, 1.807) is 0 Å². The van der Waals surface area contributed by atoms with Gasteiger partial charge in [0.2, 0.25) is 0 Å². The average Bonchev–Trinajstić information content (AvgIpc) is 2.71. The Balaban J connectivity index is 2.09. The first kappa shape index (κ1) is 14.8. The lowest BCUT2D eigenvalue weighted by Crippen LogP contribution is -2.52. The summed E-state index contributed by atoms with van der Waals surface area (Å²) in [6.07, 6.45) is 1.98. The third-order valence-electron chi connectivity index (χ3n) is 3.94. The Kier molecular flexibility index (Phi) is 5.22. The van der Waals surface area contributed by atoms with Crippen LogP contribution in [-0.2, 0) is 6.42 Å². The molecule has 0 amide bonds. The first-order valence-corrected chi connectivity index (χ1v) is 7.33. The topological polar surface area (TPSA) is 35.5 Å². The van der Waals surface area contributed by atoms with E-state index >= 15 is 0 Å². The number of halogens is 1. The number of aliphatic hydroxyl groups is 1. The van der Waals surface area contributed by atoms with E-state index in [-0.39, 0.29) is 12.1 Å². The molecular formula is C15H23ClN2O. The molecule has 2 N–H and O–H groups in total. The molecule has 1 aliphatic rings. The third-order valence-corrected chi connectivity index (χ3v) is 4.19. The van der Waals surface area contributed by atoms with Gasteiger partial charge in [0.05, 0.1) is 6.61 Å². The van der Waals surface area contributed by atoms with Crippen molar-refractivity contribution in [1.82, 2.24) is 10.2 Å². The summed E-state index contributed by atoms with van der Waals surface area (Å²) in [6, 6.07) is 7.93. The first-order chi connectivity index (χ1) is 9.14. The van der Waals surface area contributed by atoms with Crippen molar-refractivity contribution in [3.63, 3.8) is 0 Å². The van der Waals surface area contributed by atoms with Crippen molar-refractivity contribution in [2.45, 2.75) is 25.3 Å². The third kappa shape index (κ3) is 3.93. The fourth-order valence-corrected chi connectivity index (χ4v) is 2.82. The molecule has 0 saturated carbocycles. The molecule has 1 unspecified atom stereocenters. The zero-order valence-electron chi connectivity index (χ0n) is 11.5. The number of benzene rings is 1. The molecule has 4 heteroatoms. The number of hydrogen-bond acceptors (Lipinski definition) is 3. The van der Waals surface area contributed by atoms with Gasteiger partial charge in [-0.25, -0.2) is 0 Å². The van der Waals surface area contributed by atoms with Gasteiger partial charge >= 0.3 is 0 Å². The molecule has 106 valence electrons. The van der Waals surface area contributed by atoms with Crippen molar-refractivity contribution in [3.8, 4) is 0 Å². The normalized spacial score (nSPS) is 20.8. The van der Waals surface area contributed by atoms with Gasteiger partial charge in [-0.1, -0.05) is 23.7 Å². The molecule has 0 aliphatic carbocycles. The lowest BCUT2D eigenvalue weighted by atomic mass is 9.91. The summed E-state index contributed by atoms with van der Waals surface area (Å²) in [6.45, 7) is 6.42. The van der Waals surface area contributed by atoms with E-state index in [1.165, 1.54) is 5.56 Å². The van der Waals surface area contributed by atoms with Crippen molar-refractivity contribution in [2.75, 3.05) is 32.8 Å². The van der Waals surface area contributed by atoms with Gasteiger partial charge in [0, 0.05) is 30.2 Å². The highest BCUT2D eigenvalue weighted by Crippen LogP contribution is 2.22. The molecule has 1 aliphatic heterocycles. The Morgan fingerprint density at radius 1 is 1.26 bits per heavy atom. The van der Waals surface area contributed by atoms with Crippen LogP contribution in [0.4, 0.5) is 0 Å². The predicted octanol–water partition coefficient (Wildman–Crippen LogP) is 1.93. The average molecular weight is 283 g/mol. The molecule has 3 nitrogen and oxygen atoms in total. The molecule has 0 spiro atoms. The maximum absolute atomic E-state index is 9.86. The number of nitrogens with zero attached hydrogens (tertiary/aromatic N) is 1. The minimum atomic E-state index is -0.195. The maximum Gasteiger partial charge on any atom is 0.0616 e.